The van der Waals surface area contributed by atoms with Gasteiger partial charge >= 0.3 is 0 Å². The third-order valence-electron chi connectivity index (χ3n) is 4.56. The number of hydrogen-bond donors (Lipinski definition) is 2. The van der Waals surface area contributed by atoms with Crippen LogP contribution in [0.25, 0.3) is 0 Å². The summed E-state index contributed by atoms with van der Waals surface area (Å²) in [5.74, 6) is 1.79. The molecular weight excluding hydrogens is 427 g/mol. The molecule has 1 fully saturated rings. The standard InChI is InChI=1S/C19H32N4O.HI/c1-4-12-21-19(20-2)22-15-18(23-13-6-5-7-14-23)16-8-10-17(24-3)11-9-16;/h8-11,18H,4-7,12-15H2,1-3H3,(H2,20,21,22);1H. The summed E-state index contributed by atoms with van der Waals surface area (Å²) < 4.78 is 5.30. The minimum atomic E-state index is 0. The van der Waals surface area contributed by atoms with Crippen molar-refractivity contribution in [2.75, 3.05) is 40.3 Å². The highest BCUT2D eigenvalue weighted by atomic mass is 127. The number of guanidine groups is 1. The first-order valence-electron chi connectivity index (χ1n) is 9.11. The molecule has 1 aliphatic rings. The molecule has 5 nitrogen and oxygen atoms in total. The van der Waals surface area contributed by atoms with E-state index in [0.717, 1.165) is 31.2 Å². The zero-order valence-electron chi connectivity index (χ0n) is 15.8. The van der Waals surface area contributed by atoms with E-state index in [1.807, 2.05) is 7.05 Å². The van der Waals surface area contributed by atoms with E-state index in [1.54, 1.807) is 7.11 Å². The number of halogens is 1. The van der Waals surface area contributed by atoms with E-state index in [0.29, 0.717) is 6.04 Å². The van der Waals surface area contributed by atoms with Crippen LogP contribution in [0.3, 0.4) is 0 Å². The molecule has 6 heteroatoms. The lowest BCUT2D eigenvalue weighted by atomic mass is 10.0. The van der Waals surface area contributed by atoms with E-state index in [2.05, 4.69) is 51.7 Å². The summed E-state index contributed by atoms with van der Waals surface area (Å²) in [4.78, 5) is 6.91. The molecule has 2 N–H and O–H groups in total. The molecule has 2 rings (SSSR count). The second kappa shape index (κ2) is 12.4. The van der Waals surface area contributed by atoms with Gasteiger partial charge in [-0.15, -0.1) is 24.0 Å². The maximum absolute atomic E-state index is 5.30. The van der Waals surface area contributed by atoms with E-state index < -0.39 is 0 Å². The average Bonchev–Trinajstić information content (AvgIpc) is 2.65. The Kier molecular flexibility index (Phi) is 10.9. The normalized spacial score (nSPS) is 16.7. The molecule has 142 valence electrons. The van der Waals surface area contributed by atoms with E-state index in [1.165, 1.54) is 37.9 Å². The Morgan fingerprint density at radius 2 is 1.84 bits per heavy atom. The van der Waals surface area contributed by atoms with Gasteiger partial charge in [-0.1, -0.05) is 25.5 Å². The Morgan fingerprint density at radius 1 is 1.16 bits per heavy atom. The predicted molar refractivity (Wildman–Crippen MR) is 116 cm³/mol. The number of ether oxygens (including phenoxy) is 1. The Balaban J connectivity index is 0.00000312. The first-order chi connectivity index (χ1) is 11.8. The monoisotopic (exact) mass is 460 g/mol. The van der Waals surface area contributed by atoms with Gasteiger partial charge in [0.1, 0.15) is 5.75 Å². The number of aliphatic imine (C=N–C) groups is 1. The van der Waals surface area contributed by atoms with Crippen LogP contribution >= 0.6 is 24.0 Å². The van der Waals surface area contributed by atoms with Gasteiger partial charge in [-0.2, -0.15) is 0 Å². The fourth-order valence-electron chi connectivity index (χ4n) is 3.17. The molecule has 1 saturated heterocycles. The Hall–Kier alpha value is -1.02. The number of nitrogens with one attached hydrogen (secondary N) is 2. The average molecular weight is 460 g/mol. The van der Waals surface area contributed by atoms with Crippen LogP contribution in [0.1, 0.15) is 44.2 Å². The number of likely N-dealkylation sites (tertiary alicyclic amines) is 1. The summed E-state index contributed by atoms with van der Waals surface area (Å²) in [7, 11) is 3.54. The van der Waals surface area contributed by atoms with Crippen LogP contribution in [0.2, 0.25) is 0 Å². The SMILES string of the molecule is CCCNC(=NC)NCC(c1ccc(OC)cc1)N1CCCCC1.I. The summed E-state index contributed by atoms with van der Waals surface area (Å²) >= 11 is 0. The smallest absolute Gasteiger partial charge is 0.191 e. The number of hydrogen-bond acceptors (Lipinski definition) is 3. The number of methoxy groups -OCH3 is 1. The van der Waals surface area contributed by atoms with Crippen molar-refractivity contribution in [2.45, 2.75) is 38.6 Å². The lowest BCUT2D eigenvalue weighted by molar-refractivity contribution is 0.164. The summed E-state index contributed by atoms with van der Waals surface area (Å²) in [5, 5.41) is 6.84. The summed E-state index contributed by atoms with van der Waals surface area (Å²) in [5.41, 5.74) is 1.33. The van der Waals surface area contributed by atoms with Gasteiger partial charge in [0.25, 0.3) is 0 Å². The maximum Gasteiger partial charge on any atom is 0.191 e. The van der Waals surface area contributed by atoms with Gasteiger partial charge in [0, 0.05) is 20.1 Å². The van der Waals surface area contributed by atoms with E-state index >= 15 is 0 Å². The van der Waals surface area contributed by atoms with Crippen LogP contribution in [0, 0.1) is 0 Å². The van der Waals surface area contributed by atoms with E-state index in [4.69, 9.17) is 4.74 Å². The van der Waals surface area contributed by atoms with Gasteiger partial charge in [0.05, 0.1) is 13.2 Å². The largest absolute Gasteiger partial charge is 0.497 e. The summed E-state index contributed by atoms with van der Waals surface area (Å²) in [6.45, 7) is 6.29. The molecule has 0 aromatic heterocycles. The minimum Gasteiger partial charge on any atom is -0.497 e. The molecule has 1 aliphatic heterocycles. The molecule has 0 radical (unpaired) electrons. The van der Waals surface area contributed by atoms with E-state index in [-0.39, 0.29) is 24.0 Å². The molecular formula is C19H33IN4O. The molecule has 1 aromatic carbocycles. The molecule has 0 saturated carbocycles. The van der Waals surface area contributed by atoms with E-state index in [9.17, 15) is 0 Å². The third-order valence-corrected chi connectivity index (χ3v) is 4.56. The van der Waals surface area contributed by atoms with Crippen LogP contribution < -0.4 is 15.4 Å². The van der Waals surface area contributed by atoms with Crippen molar-refractivity contribution < 1.29 is 4.74 Å². The summed E-state index contributed by atoms with van der Waals surface area (Å²) in [6, 6.07) is 8.83. The molecule has 0 aliphatic carbocycles. The highest BCUT2D eigenvalue weighted by Crippen LogP contribution is 2.25. The zero-order chi connectivity index (χ0) is 17.2. The highest BCUT2D eigenvalue weighted by Gasteiger charge is 2.22. The highest BCUT2D eigenvalue weighted by molar-refractivity contribution is 14.0. The van der Waals surface area contributed by atoms with Gasteiger partial charge in [-0.25, -0.2) is 0 Å². The first kappa shape index (κ1) is 22.0. The lowest BCUT2D eigenvalue weighted by Gasteiger charge is -2.35. The molecule has 25 heavy (non-hydrogen) atoms. The van der Waals surface area contributed by atoms with Crippen molar-refractivity contribution in [3.8, 4) is 5.75 Å². The topological polar surface area (TPSA) is 48.9 Å². The number of piperidine rings is 1. The lowest BCUT2D eigenvalue weighted by Crippen LogP contribution is -2.44. The minimum absolute atomic E-state index is 0. The van der Waals surface area contributed by atoms with Gasteiger partial charge in [0.2, 0.25) is 0 Å². The van der Waals surface area contributed by atoms with Crippen molar-refractivity contribution in [3.05, 3.63) is 29.8 Å². The van der Waals surface area contributed by atoms with Crippen LogP contribution in [-0.4, -0.2) is 51.2 Å². The Bertz CT molecular complexity index is 501. The van der Waals surface area contributed by atoms with Gasteiger partial charge in [-0.05, 0) is 50.0 Å². The van der Waals surface area contributed by atoms with Crippen LogP contribution in [0.15, 0.2) is 29.3 Å². The first-order valence-corrected chi connectivity index (χ1v) is 9.11. The van der Waals surface area contributed by atoms with Gasteiger partial charge < -0.3 is 15.4 Å². The van der Waals surface area contributed by atoms with Crippen LogP contribution in [-0.2, 0) is 0 Å². The summed E-state index contributed by atoms with van der Waals surface area (Å²) in [6.07, 6.45) is 5.01. The second-order valence-electron chi connectivity index (χ2n) is 6.27. The molecule has 0 bridgehead atoms. The van der Waals surface area contributed by atoms with Crippen molar-refractivity contribution in [1.29, 1.82) is 0 Å². The van der Waals surface area contributed by atoms with Crippen LogP contribution in [0.5, 0.6) is 5.75 Å². The molecule has 1 unspecified atom stereocenters. The van der Waals surface area contributed by atoms with Crippen molar-refractivity contribution in [3.63, 3.8) is 0 Å². The Morgan fingerprint density at radius 3 is 2.40 bits per heavy atom. The Labute approximate surface area is 169 Å². The maximum atomic E-state index is 5.30. The molecule has 0 amide bonds. The molecule has 1 atom stereocenters. The zero-order valence-corrected chi connectivity index (χ0v) is 18.1. The number of benzene rings is 1. The van der Waals surface area contributed by atoms with Crippen molar-refractivity contribution in [1.82, 2.24) is 15.5 Å². The predicted octanol–water partition coefficient (Wildman–Crippen LogP) is 3.42. The van der Waals surface area contributed by atoms with Crippen molar-refractivity contribution >= 4 is 29.9 Å². The fourth-order valence-corrected chi connectivity index (χ4v) is 3.17. The van der Waals surface area contributed by atoms with Gasteiger partial charge in [0.15, 0.2) is 5.96 Å². The molecule has 1 aromatic rings. The number of rotatable bonds is 7. The van der Waals surface area contributed by atoms with Crippen molar-refractivity contribution in [2.24, 2.45) is 4.99 Å². The third kappa shape index (κ3) is 7.01. The fraction of sp³-hybridized carbons (Fsp3) is 0.632. The second-order valence-corrected chi connectivity index (χ2v) is 6.27. The van der Waals surface area contributed by atoms with Crippen LogP contribution in [0.4, 0.5) is 0 Å². The molecule has 1 heterocycles. The molecule has 0 spiro atoms. The number of nitrogens with zero attached hydrogens (tertiary/aromatic N) is 2. The quantitative estimate of drug-likeness (QED) is 0.372. The van der Waals surface area contributed by atoms with Gasteiger partial charge in [-0.3, -0.25) is 9.89 Å².